The minimum atomic E-state index is -0.298. The van der Waals surface area contributed by atoms with Crippen molar-refractivity contribution in [2.24, 2.45) is 0 Å². The molecule has 0 unspecified atom stereocenters. The second-order valence-corrected chi connectivity index (χ2v) is 5.41. The number of nitrogens with one attached hydrogen (secondary N) is 1. The number of carbonyl (C=O) groups is 2. The van der Waals surface area contributed by atoms with Crippen molar-refractivity contribution < 1.29 is 14.1 Å². The first-order valence-corrected chi connectivity index (χ1v) is 7.59. The maximum Gasteiger partial charge on any atom is 0.254 e. The Balaban J connectivity index is 2.07. The molecule has 2 amide bonds. The molecule has 23 heavy (non-hydrogen) atoms. The molecule has 1 aromatic heterocycles. The van der Waals surface area contributed by atoms with Crippen molar-refractivity contribution in [2.75, 3.05) is 18.4 Å². The first-order chi connectivity index (χ1) is 11.0. The lowest BCUT2D eigenvalue weighted by Gasteiger charge is -2.22. The van der Waals surface area contributed by atoms with Crippen molar-refractivity contribution >= 4 is 17.6 Å². The third-order valence-electron chi connectivity index (χ3n) is 3.39. The van der Waals surface area contributed by atoms with Gasteiger partial charge in [-0.1, -0.05) is 30.3 Å². The highest BCUT2D eigenvalue weighted by atomic mass is 16.5. The first-order valence-electron chi connectivity index (χ1n) is 7.59. The molecule has 1 heterocycles. The van der Waals surface area contributed by atoms with Gasteiger partial charge in [0.05, 0.1) is 0 Å². The summed E-state index contributed by atoms with van der Waals surface area (Å²) in [5.41, 5.74) is 1.51. The van der Waals surface area contributed by atoms with E-state index in [2.05, 4.69) is 10.5 Å². The predicted octanol–water partition coefficient (Wildman–Crippen LogP) is 2.78. The third kappa shape index (κ3) is 4.42. The van der Waals surface area contributed by atoms with Crippen LogP contribution in [0.2, 0.25) is 0 Å². The van der Waals surface area contributed by atoms with Gasteiger partial charge in [0, 0.05) is 18.2 Å². The molecule has 0 aliphatic carbocycles. The van der Waals surface area contributed by atoms with Gasteiger partial charge in [0.15, 0.2) is 5.82 Å². The number of aromatic nitrogens is 1. The Kier molecular flexibility index (Phi) is 5.51. The molecule has 2 aromatic rings. The Morgan fingerprint density at radius 2 is 2.00 bits per heavy atom. The summed E-state index contributed by atoms with van der Waals surface area (Å²) < 4.78 is 4.91. The van der Waals surface area contributed by atoms with Crippen molar-refractivity contribution in [1.29, 1.82) is 0 Å². The zero-order valence-electron chi connectivity index (χ0n) is 13.6. The zero-order valence-corrected chi connectivity index (χ0v) is 13.6. The topological polar surface area (TPSA) is 75.4 Å². The van der Waals surface area contributed by atoms with Crippen molar-refractivity contribution in [1.82, 2.24) is 10.1 Å². The Morgan fingerprint density at radius 3 is 2.61 bits per heavy atom. The molecule has 6 heteroatoms. The Labute approximate surface area is 135 Å². The van der Waals surface area contributed by atoms with Gasteiger partial charge in [0.25, 0.3) is 5.91 Å². The maximum absolute atomic E-state index is 12.7. The Hall–Kier alpha value is -2.63. The van der Waals surface area contributed by atoms with Crippen LogP contribution in [-0.4, -0.2) is 35.0 Å². The van der Waals surface area contributed by atoms with Gasteiger partial charge < -0.3 is 14.7 Å². The van der Waals surface area contributed by atoms with Gasteiger partial charge in [0.2, 0.25) is 5.91 Å². The van der Waals surface area contributed by atoms with E-state index in [-0.39, 0.29) is 18.4 Å². The smallest absolute Gasteiger partial charge is 0.254 e. The van der Waals surface area contributed by atoms with Crippen LogP contribution in [0.25, 0.3) is 0 Å². The van der Waals surface area contributed by atoms with Crippen molar-refractivity contribution in [3.05, 3.63) is 47.2 Å². The Bertz CT molecular complexity index is 694. The number of benzene rings is 1. The standard InChI is InChI=1S/C17H21N3O3/c1-4-9-20(17(22)14-8-6-5-7-12(14)2)11-16(21)18-15-10-13(3)23-19-15/h5-8,10H,4,9,11H2,1-3H3,(H,18,19,21). The highest BCUT2D eigenvalue weighted by Gasteiger charge is 2.20. The summed E-state index contributed by atoms with van der Waals surface area (Å²) in [6.07, 6.45) is 0.772. The average Bonchev–Trinajstić information content (AvgIpc) is 2.91. The normalized spacial score (nSPS) is 10.4. The van der Waals surface area contributed by atoms with E-state index in [0.29, 0.717) is 23.7 Å². The van der Waals surface area contributed by atoms with E-state index in [0.717, 1.165) is 12.0 Å². The molecular formula is C17H21N3O3. The van der Waals surface area contributed by atoms with Crippen LogP contribution in [0.3, 0.4) is 0 Å². The van der Waals surface area contributed by atoms with Crippen LogP contribution in [0.4, 0.5) is 5.82 Å². The molecule has 1 N–H and O–H groups in total. The second-order valence-electron chi connectivity index (χ2n) is 5.41. The number of hydrogen-bond donors (Lipinski definition) is 1. The fraction of sp³-hybridized carbons (Fsp3) is 0.353. The average molecular weight is 315 g/mol. The molecule has 0 aliphatic rings. The monoisotopic (exact) mass is 315 g/mol. The van der Waals surface area contributed by atoms with Crippen LogP contribution >= 0.6 is 0 Å². The van der Waals surface area contributed by atoms with Crippen molar-refractivity contribution in [3.63, 3.8) is 0 Å². The molecule has 0 bridgehead atoms. The van der Waals surface area contributed by atoms with Crippen LogP contribution in [-0.2, 0) is 4.79 Å². The lowest BCUT2D eigenvalue weighted by molar-refractivity contribution is -0.116. The lowest BCUT2D eigenvalue weighted by atomic mass is 10.1. The van der Waals surface area contributed by atoms with E-state index in [9.17, 15) is 9.59 Å². The number of rotatable bonds is 6. The fourth-order valence-electron chi connectivity index (χ4n) is 2.29. The molecule has 0 radical (unpaired) electrons. The zero-order chi connectivity index (χ0) is 16.8. The quantitative estimate of drug-likeness (QED) is 0.889. The minimum absolute atomic E-state index is 0.0209. The van der Waals surface area contributed by atoms with Crippen LogP contribution in [0, 0.1) is 13.8 Å². The summed E-state index contributed by atoms with van der Waals surface area (Å²) in [7, 11) is 0. The summed E-state index contributed by atoms with van der Waals surface area (Å²) in [6.45, 7) is 6.09. The SMILES string of the molecule is CCCN(CC(=O)Nc1cc(C)on1)C(=O)c1ccccc1C. The third-order valence-corrected chi connectivity index (χ3v) is 3.39. The van der Waals surface area contributed by atoms with E-state index in [1.54, 1.807) is 24.0 Å². The second kappa shape index (κ2) is 7.58. The first kappa shape index (κ1) is 16.7. The maximum atomic E-state index is 12.7. The Morgan fingerprint density at radius 1 is 1.26 bits per heavy atom. The van der Waals surface area contributed by atoms with Gasteiger partial charge in [0.1, 0.15) is 12.3 Å². The fourth-order valence-corrected chi connectivity index (χ4v) is 2.29. The number of nitrogens with zero attached hydrogens (tertiary/aromatic N) is 2. The van der Waals surface area contributed by atoms with E-state index >= 15 is 0 Å². The molecule has 122 valence electrons. The summed E-state index contributed by atoms with van der Waals surface area (Å²) >= 11 is 0. The van der Waals surface area contributed by atoms with Gasteiger partial charge in [-0.2, -0.15) is 0 Å². The predicted molar refractivity (Wildman–Crippen MR) is 87.2 cm³/mol. The lowest BCUT2D eigenvalue weighted by Crippen LogP contribution is -2.38. The number of aryl methyl sites for hydroxylation is 2. The molecule has 2 rings (SSSR count). The van der Waals surface area contributed by atoms with Gasteiger partial charge >= 0.3 is 0 Å². The molecule has 0 fully saturated rings. The van der Waals surface area contributed by atoms with E-state index < -0.39 is 0 Å². The van der Waals surface area contributed by atoms with Crippen LogP contribution < -0.4 is 5.32 Å². The highest BCUT2D eigenvalue weighted by molar-refractivity contribution is 5.99. The highest BCUT2D eigenvalue weighted by Crippen LogP contribution is 2.12. The summed E-state index contributed by atoms with van der Waals surface area (Å²) in [4.78, 5) is 26.3. The molecular weight excluding hydrogens is 294 g/mol. The van der Waals surface area contributed by atoms with Gasteiger partial charge in [-0.3, -0.25) is 9.59 Å². The number of amides is 2. The van der Waals surface area contributed by atoms with Gasteiger partial charge in [-0.25, -0.2) is 0 Å². The van der Waals surface area contributed by atoms with Gasteiger partial charge in [-0.05, 0) is 31.9 Å². The van der Waals surface area contributed by atoms with E-state index in [4.69, 9.17) is 4.52 Å². The molecule has 0 saturated carbocycles. The molecule has 0 aliphatic heterocycles. The number of hydrogen-bond acceptors (Lipinski definition) is 4. The number of anilines is 1. The molecule has 0 spiro atoms. The van der Waals surface area contributed by atoms with Crippen LogP contribution in [0.15, 0.2) is 34.9 Å². The van der Waals surface area contributed by atoms with E-state index in [1.165, 1.54) is 0 Å². The molecule has 1 aromatic carbocycles. The summed E-state index contributed by atoms with van der Waals surface area (Å²) in [5.74, 6) is 0.527. The van der Waals surface area contributed by atoms with Crippen LogP contribution in [0.1, 0.15) is 35.0 Å². The van der Waals surface area contributed by atoms with E-state index in [1.807, 2.05) is 32.0 Å². The molecule has 0 saturated heterocycles. The van der Waals surface area contributed by atoms with Crippen molar-refractivity contribution in [2.45, 2.75) is 27.2 Å². The molecule has 6 nitrogen and oxygen atoms in total. The number of carbonyl (C=O) groups excluding carboxylic acids is 2. The summed E-state index contributed by atoms with van der Waals surface area (Å²) in [6, 6.07) is 9.00. The van der Waals surface area contributed by atoms with Gasteiger partial charge in [-0.15, -0.1) is 0 Å². The van der Waals surface area contributed by atoms with Crippen LogP contribution in [0.5, 0.6) is 0 Å². The summed E-state index contributed by atoms with van der Waals surface area (Å²) in [5, 5.41) is 6.35. The minimum Gasteiger partial charge on any atom is -0.360 e. The largest absolute Gasteiger partial charge is 0.360 e. The van der Waals surface area contributed by atoms with Crippen molar-refractivity contribution in [3.8, 4) is 0 Å². The molecule has 0 atom stereocenters.